The Balaban J connectivity index is 1.54. The number of benzene rings is 1. The van der Waals surface area contributed by atoms with E-state index in [2.05, 4.69) is 25.1 Å². The number of rotatable bonds is 5. The first kappa shape index (κ1) is 22.6. The van der Waals surface area contributed by atoms with Gasteiger partial charge >= 0.3 is 0 Å². The fourth-order valence-corrected chi connectivity index (χ4v) is 7.28. The van der Waals surface area contributed by atoms with Crippen LogP contribution in [0.2, 0.25) is 0 Å². The van der Waals surface area contributed by atoms with E-state index in [9.17, 15) is 16.8 Å². The van der Waals surface area contributed by atoms with Gasteiger partial charge in [0.1, 0.15) is 5.69 Å². The molecule has 0 bridgehead atoms. The molecule has 5 aromatic heterocycles. The summed E-state index contributed by atoms with van der Waals surface area (Å²) in [5, 5.41) is 10.7. The molecule has 10 nitrogen and oxygen atoms in total. The molecule has 6 aromatic rings. The molecule has 0 unspecified atom stereocenters. The molecule has 0 saturated heterocycles. The molecule has 182 valence electrons. The summed E-state index contributed by atoms with van der Waals surface area (Å²) in [5.74, 6) is 0. The topological polar surface area (TPSA) is 143 Å². The molecule has 0 fully saturated rings. The second kappa shape index (κ2) is 7.85. The average Bonchev–Trinajstić information content (AvgIpc) is 3.61. The summed E-state index contributed by atoms with van der Waals surface area (Å²) in [6, 6.07) is 13.1. The van der Waals surface area contributed by atoms with Gasteiger partial charge in [0.15, 0.2) is 0 Å². The quantitative estimate of drug-likeness (QED) is 0.339. The van der Waals surface area contributed by atoms with E-state index < -0.39 is 25.0 Å². The summed E-state index contributed by atoms with van der Waals surface area (Å²) >= 11 is 1.61. The molecule has 0 aliphatic rings. The SMILES string of the molecule is CS(=O)(=O)c1ncc(-c2ccc3[nH]nc(-c4cc5c(-c6cccs6)nccc5[nH]4)c3c2)n1S(C)(=O)=O. The number of hydrogen-bond donors (Lipinski definition) is 2. The number of hydrogen-bond acceptors (Lipinski definition) is 8. The van der Waals surface area contributed by atoms with Crippen LogP contribution in [0.5, 0.6) is 0 Å². The fourth-order valence-electron chi connectivity index (χ4n) is 4.25. The van der Waals surface area contributed by atoms with Crippen molar-refractivity contribution >= 4 is 53.0 Å². The van der Waals surface area contributed by atoms with Gasteiger partial charge in [-0.25, -0.2) is 25.8 Å². The third kappa shape index (κ3) is 3.63. The van der Waals surface area contributed by atoms with Crippen LogP contribution in [-0.4, -0.2) is 58.5 Å². The first-order valence-electron chi connectivity index (χ1n) is 10.6. The Morgan fingerprint density at radius 2 is 1.72 bits per heavy atom. The molecule has 0 amide bonds. The molecule has 13 heteroatoms. The number of imidazole rings is 1. The van der Waals surface area contributed by atoms with E-state index in [-0.39, 0.29) is 5.69 Å². The van der Waals surface area contributed by atoms with Gasteiger partial charge in [0.2, 0.25) is 25.0 Å². The van der Waals surface area contributed by atoms with Gasteiger partial charge in [0.25, 0.3) is 0 Å². The van der Waals surface area contributed by atoms with Crippen LogP contribution in [0.4, 0.5) is 0 Å². The van der Waals surface area contributed by atoms with Crippen molar-refractivity contribution < 1.29 is 16.8 Å². The van der Waals surface area contributed by atoms with Gasteiger partial charge in [-0.05, 0) is 35.7 Å². The maximum Gasteiger partial charge on any atom is 0.241 e. The summed E-state index contributed by atoms with van der Waals surface area (Å²) in [6.07, 6.45) is 4.87. The Labute approximate surface area is 209 Å². The number of nitrogens with one attached hydrogen (secondary N) is 2. The van der Waals surface area contributed by atoms with Crippen molar-refractivity contribution in [3.05, 3.63) is 60.2 Å². The van der Waals surface area contributed by atoms with E-state index in [4.69, 9.17) is 0 Å². The number of aromatic nitrogens is 6. The number of aromatic amines is 2. The predicted molar refractivity (Wildman–Crippen MR) is 139 cm³/mol. The largest absolute Gasteiger partial charge is 0.353 e. The van der Waals surface area contributed by atoms with Crippen molar-refractivity contribution in [1.82, 2.24) is 29.1 Å². The van der Waals surface area contributed by atoms with E-state index in [0.29, 0.717) is 11.3 Å². The monoisotopic (exact) mass is 538 g/mol. The lowest BCUT2D eigenvalue weighted by molar-refractivity contribution is 0.574. The zero-order valence-electron chi connectivity index (χ0n) is 18.9. The molecular formula is C23H18N6O4S3. The summed E-state index contributed by atoms with van der Waals surface area (Å²) in [7, 11) is -7.84. The van der Waals surface area contributed by atoms with Crippen LogP contribution in [0, 0.1) is 0 Å². The predicted octanol–water partition coefficient (Wildman–Crippen LogP) is 3.91. The lowest BCUT2D eigenvalue weighted by atomic mass is 10.1. The van der Waals surface area contributed by atoms with Crippen LogP contribution in [0.25, 0.3) is 55.0 Å². The zero-order valence-corrected chi connectivity index (χ0v) is 21.4. The number of H-pyrrole nitrogens is 2. The molecule has 2 N–H and O–H groups in total. The highest BCUT2D eigenvalue weighted by Crippen LogP contribution is 2.36. The van der Waals surface area contributed by atoms with Crippen molar-refractivity contribution in [1.29, 1.82) is 0 Å². The van der Waals surface area contributed by atoms with Gasteiger partial charge in [-0.15, -0.1) is 11.3 Å². The zero-order chi connectivity index (χ0) is 25.2. The highest BCUT2D eigenvalue weighted by molar-refractivity contribution is 7.92. The van der Waals surface area contributed by atoms with Crippen molar-refractivity contribution in [2.45, 2.75) is 5.16 Å². The molecule has 5 heterocycles. The minimum absolute atomic E-state index is 0.146. The highest BCUT2D eigenvalue weighted by Gasteiger charge is 2.26. The molecule has 6 rings (SSSR count). The van der Waals surface area contributed by atoms with Crippen LogP contribution in [0.15, 0.2) is 65.4 Å². The van der Waals surface area contributed by atoms with Gasteiger partial charge < -0.3 is 4.98 Å². The summed E-state index contributed by atoms with van der Waals surface area (Å²) in [6.45, 7) is 0. The second-order valence-corrected chi connectivity index (χ2v) is 13.0. The third-order valence-electron chi connectivity index (χ3n) is 5.77. The Morgan fingerprint density at radius 1 is 0.917 bits per heavy atom. The van der Waals surface area contributed by atoms with Crippen LogP contribution in [0.1, 0.15) is 0 Å². The Hall–Kier alpha value is -3.81. The lowest BCUT2D eigenvalue weighted by Gasteiger charge is -2.09. The van der Waals surface area contributed by atoms with Crippen molar-refractivity contribution in [3.63, 3.8) is 0 Å². The first-order valence-corrected chi connectivity index (χ1v) is 15.2. The molecular weight excluding hydrogens is 520 g/mol. The van der Waals surface area contributed by atoms with Crippen molar-refractivity contribution in [3.8, 4) is 33.2 Å². The van der Waals surface area contributed by atoms with Gasteiger partial charge in [-0.3, -0.25) is 10.1 Å². The molecule has 0 saturated carbocycles. The smallest absolute Gasteiger partial charge is 0.241 e. The lowest BCUT2D eigenvalue weighted by Crippen LogP contribution is -2.17. The first-order chi connectivity index (χ1) is 17.1. The summed E-state index contributed by atoms with van der Waals surface area (Å²) in [4.78, 5) is 12.9. The van der Waals surface area contributed by atoms with Gasteiger partial charge in [0, 0.05) is 34.3 Å². The highest BCUT2D eigenvalue weighted by atomic mass is 32.2. The third-order valence-corrected chi connectivity index (χ3v) is 8.75. The van der Waals surface area contributed by atoms with Crippen LogP contribution in [-0.2, 0) is 19.9 Å². The number of thiophene rings is 1. The maximum absolute atomic E-state index is 12.5. The van der Waals surface area contributed by atoms with Crippen LogP contribution in [0.3, 0.4) is 0 Å². The average molecular weight is 539 g/mol. The van der Waals surface area contributed by atoms with E-state index in [0.717, 1.165) is 54.6 Å². The standard InChI is InChI=1S/C23H18N6O4S3/c1-35(30,31)23-25-12-19(29(23)36(2,32)33)13-5-6-17-14(10-13)21(28-27-17)18-11-15-16(26-18)7-8-24-22(15)20-4-3-9-34-20/h3-12,26H,1-2H3,(H,27,28). The molecule has 0 atom stereocenters. The Kier molecular flexibility index (Phi) is 4.94. The molecule has 0 spiro atoms. The molecule has 0 aliphatic heterocycles. The van der Waals surface area contributed by atoms with Gasteiger partial charge in [-0.2, -0.15) is 5.10 Å². The van der Waals surface area contributed by atoms with Gasteiger partial charge in [0.05, 0.1) is 39.9 Å². The Morgan fingerprint density at radius 3 is 2.44 bits per heavy atom. The maximum atomic E-state index is 12.5. The van der Waals surface area contributed by atoms with E-state index in [1.807, 2.05) is 29.6 Å². The van der Waals surface area contributed by atoms with Crippen LogP contribution >= 0.6 is 11.3 Å². The number of nitrogens with zero attached hydrogens (tertiary/aromatic N) is 4. The van der Waals surface area contributed by atoms with Crippen LogP contribution < -0.4 is 0 Å². The summed E-state index contributed by atoms with van der Waals surface area (Å²) < 4.78 is 50.2. The van der Waals surface area contributed by atoms with E-state index >= 15 is 0 Å². The molecule has 0 radical (unpaired) electrons. The number of sulfone groups is 1. The number of pyridine rings is 1. The molecule has 0 aliphatic carbocycles. The summed E-state index contributed by atoms with van der Waals surface area (Å²) in [5.41, 5.74) is 4.53. The Bertz CT molecular complexity index is 2000. The molecule has 36 heavy (non-hydrogen) atoms. The van der Waals surface area contributed by atoms with Gasteiger partial charge in [-0.1, -0.05) is 12.1 Å². The van der Waals surface area contributed by atoms with Crippen molar-refractivity contribution in [2.24, 2.45) is 0 Å². The van der Waals surface area contributed by atoms with Crippen molar-refractivity contribution in [2.75, 3.05) is 12.5 Å². The van der Waals surface area contributed by atoms with E-state index in [1.54, 1.807) is 35.7 Å². The number of fused-ring (bicyclic) bond motifs is 2. The molecule has 1 aromatic carbocycles. The minimum Gasteiger partial charge on any atom is -0.353 e. The minimum atomic E-state index is -3.96. The second-order valence-electron chi connectivity index (χ2n) is 8.34. The normalized spacial score (nSPS) is 12.6. The fraction of sp³-hybridized carbons (Fsp3) is 0.0870. The van der Waals surface area contributed by atoms with E-state index in [1.165, 1.54) is 6.20 Å².